The maximum atomic E-state index is 13.6. The monoisotopic (exact) mass is 575 g/mol. The van der Waals surface area contributed by atoms with Crippen LogP contribution < -0.4 is 18.9 Å². The second-order valence-electron chi connectivity index (χ2n) is 10.7. The van der Waals surface area contributed by atoms with Gasteiger partial charge >= 0.3 is 11.9 Å². The van der Waals surface area contributed by atoms with Crippen molar-refractivity contribution in [2.75, 3.05) is 40.5 Å². The van der Waals surface area contributed by atoms with Crippen LogP contribution in [-0.2, 0) is 11.3 Å². The molecule has 0 amide bonds. The highest BCUT2D eigenvalue weighted by molar-refractivity contribution is 5.98. The van der Waals surface area contributed by atoms with Crippen LogP contribution in [0.3, 0.4) is 0 Å². The molecule has 0 spiro atoms. The molecule has 0 unspecified atom stereocenters. The lowest BCUT2D eigenvalue weighted by atomic mass is 10.0. The fourth-order valence-corrected chi connectivity index (χ4v) is 5.38. The van der Waals surface area contributed by atoms with Crippen molar-refractivity contribution >= 4 is 11.9 Å². The van der Waals surface area contributed by atoms with Crippen molar-refractivity contribution < 1.29 is 33.3 Å². The number of nitrogens with zero attached hydrogens (tertiary/aromatic N) is 1. The van der Waals surface area contributed by atoms with Crippen molar-refractivity contribution in [3.05, 3.63) is 81.4 Å². The Bertz CT molecular complexity index is 1410. The van der Waals surface area contributed by atoms with Crippen molar-refractivity contribution in [2.24, 2.45) is 0 Å². The van der Waals surface area contributed by atoms with Gasteiger partial charge in [-0.25, -0.2) is 9.59 Å². The predicted octanol–water partition coefficient (Wildman–Crippen LogP) is 6.38. The number of esters is 2. The molecule has 0 aliphatic carbocycles. The van der Waals surface area contributed by atoms with Gasteiger partial charge in [-0.05, 0) is 82.4 Å². The Morgan fingerprint density at radius 2 is 1.38 bits per heavy atom. The number of aryl methyl sites for hydroxylation is 2. The molecular weight excluding hydrogens is 534 g/mol. The SMILES string of the molecule is COc1cc(C)c(C(=O)Oc2cc(C)c(C(=O)OCc3ccccc3)c(OCCN3CCCCC3)c2C)c(OC)c1C. The number of hydrogen-bond donors (Lipinski definition) is 0. The normalized spacial score (nSPS) is 13.4. The van der Waals surface area contributed by atoms with Crippen LogP contribution in [0.2, 0.25) is 0 Å². The lowest BCUT2D eigenvalue weighted by molar-refractivity contribution is 0.0466. The molecule has 0 N–H and O–H groups in total. The summed E-state index contributed by atoms with van der Waals surface area (Å²) in [4.78, 5) is 29.3. The number of hydrogen-bond acceptors (Lipinski definition) is 8. The number of methoxy groups -OCH3 is 2. The van der Waals surface area contributed by atoms with Crippen molar-refractivity contribution in [2.45, 2.75) is 53.6 Å². The molecule has 8 nitrogen and oxygen atoms in total. The largest absolute Gasteiger partial charge is 0.496 e. The highest BCUT2D eigenvalue weighted by Crippen LogP contribution is 2.38. The molecular formula is C34H41NO7. The molecule has 1 aliphatic heterocycles. The molecule has 0 atom stereocenters. The second kappa shape index (κ2) is 14.2. The van der Waals surface area contributed by atoms with E-state index in [0.717, 1.165) is 25.2 Å². The summed E-state index contributed by atoms with van der Waals surface area (Å²) < 4.78 is 29.0. The van der Waals surface area contributed by atoms with E-state index in [-0.39, 0.29) is 6.61 Å². The minimum Gasteiger partial charge on any atom is -0.496 e. The summed E-state index contributed by atoms with van der Waals surface area (Å²) >= 11 is 0. The number of rotatable bonds is 11. The number of ether oxygens (including phenoxy) is 5. The number of piperidine rings is 1. The minimum atomic E-state index is -0.573. The van der Waals surface area contributed by atoms with Crippen LogP contribution >= 0.6 is 0 Å². The molecule has 8 heteroatoms. The maximum Gasteiger partial charge on any atom is 0.347 e. The first-order valence-electron chi connectivity index (χ1n) is 14.4. The first-order valence-corrected chi connectivity index (χ1v) is 14.4. The highest BCUT2D eigenvalue weighted by Gasteiger charge is 2.27. The number of carbonyl (C=O) groups excluding carboxylic acids is 2. The molecule has 0 radical (unpaired) electrons. The van der Waals surface area contributed by atoms with Gasteiger partial charge in [0, 0.05) is 17.7 Å². The van der Waals surface area contributed by atoms with Crippen LogP contribution in [0.5, 0.6) is 23.0 Å². The quantitative estimate of drug-likeness (QED) is 0.192. The summed E-state index contributed by atoms with van der Waals surface area (Å²) in [5.74, 6) is 0.619. The van der Waals surface area contributed by atoms with Gasteiger partial charge in [-0.1, -0.05) is 36.8 Å². The molecule has 1 aliphatic rings. The lowest BCUT2D eigenvalue weighted by Crippen LogP contribution is -2.33. The first kappa shape index (κ1) is 30.9. The molecule has 4 rings (SSSR count). The van der Waals surface area contributed by atoms with E-state index in [4.69, 9.17) is 23.7 Å². The Morgan fingerprint density at radius 1 is 0.762 bits per heavy atom. The Morgan fingerprint density at radius 3 is 2.02 bits per heavy atom. The zero-order chi connectivity index (χ0) is 30.2. The van der Waals surface area contributed by atoms with Crippen LogP contribution in [0.15, 0.2) is 42.5 Å². The highest BCUT2D eigenvalue weighted by atomic mass is 16.5. The molecule has 42 heavy (non-hydrogen) atoms. The summed E-state index contributed by atoms with van der Waals surface area (Å²) in [6.07, 6.45) is 3.60. The van der Waals surface area contributed by atoms with Gasteiger partial charge in [0.1, 0.15) is 47.3 Å². The molecule has 0 saturated carbocycles. The van der Waals surface area contributed by atoms with Crippen molar-refractivity contribution in [3.8, 4) is 23.0 Å². The topological polar surface area (TPSA) is 83.5 Å². The van der Waals surface area contributed by atoms with E-state index in [0.29, 0.717) is 63.0 Å². The average Bonchev–Trinajstić information content (AvgIpc) is 2.99. The third-order valence-corrected chi connectivity index (χ3v) is 7.71. The first-order chi connectivity index (χ1) is 20.2. The smallest absolute Gasteiger partial charge is 0.347 e. The second-order valence-corrected chi connectivity index (χ2v) is 10.7. The third kappa shape index (κ3) is 7.05. The van der Waals surface area contributed by atoms with Crippen molar-refractivity contribution in [1.29, 1.82) is 0 Å². The van der Waals surface area contributed by atoms with Crippen LogP contribution in [0.25, 0.3) is 0 Å². The minimum absolute atomic E-state index is 0.137. The van der Waals surface area contributed by atoms with Crippen LogP contribution in [-0.4, -0.2) is 57.3 Å². The number of likely N-dealkylation sites (tertiary alicyclic amines) is 1. The van der Waals surface area contributed by atoms with Gasteiger partial charge < -0.3 is 23.7 Å². The number of carbonyl (C=O) groups is 2. The summed E-state index contributed by atoms with van der Waals surface area (Å²) in [7, 11) is 3.09. The predicted molar refractivity (Wildman–Crippen MR) is 161 cm³/mol. The summed E-state index contributed by atoms with van der Waals surface area (Å²) in [6, 6.07) is 13.0. The zero-order valence-electron chi connectivity index (χ0n) is 25.5. The van der Waals surface area contributed by atoms with Gasteiger partial charge in [-0.3, -0.25) is 4.90 Å². The van der Waals surface area contributed by atoms with E-state index in [9.17, 15) is 9.59 Å². The van der Waals surface area contributed by atoms with Gasteiger partial charge in [-0.2, -0.15) is 0 Å². The molecule has 0 bridgehead atoms. The molecule has 1 heterocycles. The fourth-order valence-electron chi connectivity index (χ4n) is 5.38. The van der Waals surface area contributed by atoms with E-state index in [2.05, 4.69) is 4.90 Å². The maximum absolute atomic E-state index is 13.6. The van der Waals surface area contributed by atoms with E-state index in [1.165, 1.54) is 26.4 Å². The Labute approximate surface area is 248 Å². The lowest BCUT2D eigenvalue weighted by Gasteiger charge is -2.27. The molecule has 1 saturated heterocycles. The standard InChI is InChI=1S/C34H41NO7/c1-22-19-27(38-5)24(3)31(39-6)29(22)34(37)42-28-20-23(2)30(33(36)41-21-26-13-9-7-10-14-26)32(25(28)4)40-18-17-35-15-11-8-12-16-35/h7,9-10,13-14,19-20H,8,11-12,15-18,21H2,1-6H3. The van der Waals surface area contributed by atoms with Gasteiger partial charge in [0.25, 0.3) is 0 Å². The zero-order valence-corrected chi connectivity index (χ0v) is 25.5. The van der Waals surface area contributed by atoms with Crippen molar-refractivity contribution in [3.63, 3.8) is 0 Å². The third-order valence-electron chi connectivity index (χ3n) is 7.71. The van der Waals surface area contributed by atoms with Crippen LogP contribution in [0.1, 0.15) is 67.8 Å². The van der Waals surface area contributed by atoms with E-state index < -0.39 is 11.9 Å². The van der Waals surface area contributed by atoms with Gasteiger partial charge in [-0.15, -0.1) is 0 Å². The Kier molecular flexibility index (Phi) is 10.5. The fraction of sp³-hybridized carbons (Fsp3) is 0.412. The Hall–Kier alpha value is -4.04. The van der Waals surface area contributed by atoms with E-state index >= 15 is 0 Å². The number of benzene rings is 3. The van der Waals surface area contributed by atoms with Crippen LogP contribution in [0.4, 0.5) is 0 Å². The van der Waals surface area contributed by atoms with Crippen LogP contribution in [0, 0.1) is 27.7 Å². The molecule has 0 aromatic heterocycles. The van der Waals surface area contributed by atoms with E-state index in [1.54, 1.807) is 40.0 Å². The molecule has 3 aromatic rings. The molecule has 3 aromatic carbocycles. The van der Waals surface area contributed by atoms with Crippen molar-refractivity contribution in [1.82, 2.24) is 4.90 Å². The van der Waals surface area contributed by atoms with Gasteiger partial charge in [0.05, 0.1) is 14.2 Å². The summed E-state index contributed by atoms with van der Waals surface area (Å²) in [6.45, 7) is 10.5. The molecule has 1 fully saturated rings. The average molecular weight is 576 g/mol. The Balaban J connectivity index is 1.65. The molecule has 224 valence electrons. The van der Waals surface area contributed by atoms with Gasteiger partial charge in [0.2, 0.25) is 0 Å². The van der Waals surface area contributed by atoms with E-state index in [1.807, 2.05) is 37.3 Å². The summed E-state index contributed by atoms with van der Waals surface area (Å²) in [5.41, 5.74) is 4.02. The summed E-state index contributed by atoms with van der Waals surface area (Å²) in [5, 5.41) is 0. The van der Waals surface area contributed by atoms with Gasteiger partial charge in [0.15, 0.2) is 0 Å².